The fourth-order valence-electron chi connectivity index (χ4n) is 5.87. The van der Waals surface area contributed by atoms with Gasteiger partial charge in [-0.05, 0) is 91.1 Å². The van der Waals surface area contributed by atoms with Crippen LogP contribution in [0.1, 0.15) is 56.1 Å². The minimum absolute atomic E-state index is 0.148. The molecular formula is C20H23ClO2. The molecule has 3 aliphatic rings. The third kappa shape index (κ3) is 2.06. The standard InChI is InChI=1S/C20H23ClO2/c1-19-8-6-16-15-5-3-14(22)12-13(15)2-4-17(16)18(19)7-9-20(19,23)10-11-21/h3,5,12,16-18,22-23H,2,4,6-9H2,1H3/t16-,17-,18+,19+,20+/m1/s1. The number of aromatic hydroxyl groups is 1. The van der Waals surface area contributed by atoms with E-state index in [1.54, 1.807) is 0 Å². The van der Waals surface area contributed by atoms with Crippen LogP contribution in [0.5, 0.6) is 5.75 Å². The molecule has 0 saturated heterocycles. The molecular weight excluding hydrogens is 308 g/mol. The van der Waals surface area contributed by atoms with E-state index >= 15 is 0 Å². The zero-order valence-electron chi connectivity index (χ0n) is 13.5. The second-order valence-electron chi connectivity index (χ2n) is 7.87. The van der Waals surface area contributed by atoms with Crippen LogP contribution in [0.2, 0.25) is 0 Å². The van der Waals surface area contributed by atoms with Crippen LogP contribution in [0.3, 0.4) is 0 Å². The van der Waals surface area contributed by atoms with Crippen LogP contribution < -0.4 is 0 Å². The van der Waals surface area contributed by atoms with E-state index in [0.29, 0.717) is 23.5 Å². The van der Waals surface area contributed by atoms with E-state index < -0.39 is 5.60 Å². The first-order valence-corrected chi connectivity index (χ1v) is 9.03. The summed E-state index contributed by atoms with van der Waals surface area (Å²) in [6.45, 7) is 2.22. The maximum absolute atomic E-state index is 11.1. The summed E-state index contributed by atoms with van der Waals surface area (Å²) in [6.07, 6.45) is 6.01. The molecule has 2 fully saturated rings. The number of benzene rings is 1. The Kier molecular flexibility index (Phi) is 3.45. The monoisotopic (exact) mass is 330 g/mol. The van der Waals surface area contributed by atoms with Crippen molar-refractivity contribution in [3.63, 3.8) is 0 Å². The first kappa shape index (κ1) is 15.4. The van der Waals surface area contributed by atoms with Crippen LogP contribution in [0, 0.1) is 28.6 Å². The Morgan fingerprint density at radius 3 is 2.83 bits per heavy atom. The van der Waals surface area contributed by atoms with Crippen molar-refractivity contribution in [2.45, 2.75) is 57.0 Å². The summed E-state index contributed by atoms with van der Waals surface area (Å²) in [5.74, 6) is 4.96. The average Bonchev–Trinajstić information content (AvgIpc) is 2.79. The number of aliphatic hydroxyl groups is 1. The lowest BCUT2D eigenvalue weighted by Crippen LogP contribution is -2.50. The molecule has 23 heavy (non-hydrogen) atoms. The molecule has 0 spiro atoms. The highest BCUT2D eigenvalue weighted by atomic mass is 35.5. The van der Waals surface area contributed by atoms with Gasteiger partial charge in [-0.15, -0.1) is 0 Å². The largest absolute Gasteiger partial charge is 0.508 e. The maximum Gasteiger partial charge on any atom is 0.132 e. The lowest BCUT2D eigenvalue weighted by molar-refractivity contribution is -0.0647. The van der Waals surface area contributed by atoms with Crippen LogP contribution in [-0.2, 0) is 6.42 Å². The number of hydrogen-bond donors (Lipinski definition) is 2. The number of fused-ring (bicyclic) bond motifs is 5. The Bertz CT molecular complexity index is 703. The minimum Gasteiger partial charge on any atom is -0.508 e. The summed E-state index contributed by atoms with van der Waals surface area (Å²) in [5, 5.41) is 23.3. The van der Waals surface area contributed by atoms with Gasteiger partial charge >= 0.3 is 0 Å². The predicted molar refractivity (Wildman–Crippen MR) is 91.3 cm³/mol. The average molecular weight is 331 g/mol. The Balaban J connectivity index is 1.71. The van der Waals surface area contributed by atoms with Crippen molar-refractivity contribution in [3.8, 4) is 17.0 Å². The van der Waals surface area contributed by atoms with Crippen molar-refractivity contribution < 1.29 is 10.2 Å². The molecule has 2 N–H and O–H groups in total. The van der Waals surface area contributed by atoms with Gasteiger partial charge in [0.1, 0.15) is 11.4 Å². The Labute approximate surface area is 142 Å². The third-order valence-corrected chi connectivity index (χ3v) is 7.21. The van der Waals surface area contributed by atoms with E-state index in [9.17, 15) is 10.2 Å². The zero-order chi connectivity index (χ0) is 16.2. The van der Waals surface area contributed by atoms with E-state index in [-0.39, 0.29) is 5.41 Å². The molecule has 1 aromatic carbocycles. The molecule has 3 heteroatoms. The van der Waals surface area contributed by atoms with Crippen molar-refractivity contribution in [3.05, 3.63) is 29.3 Å². The lowest BCUT2D eigenvalue weighted by Gasteiger charge is -2.52. The fraction of sp³-hybridized carbons (Fsp3) is 0.600. The van der Waals surface area contributed by atoms with Crippen molar-refractivity contribution in [1.29, 1.82) is 0 Å². The molecule has 0 bridgehead atoms. The fourth-order valence-corrected chi connectivity index (χ4v) is 6.02. The van der Waals surface area contributed by atoms with E-state index in [0.717, 1.165) is 38.5 Å². The Morgan fingerprint density at radius 1 is 1.22 bits per heavy atom. The molecule has 4 rings (SSSR count). The molecule has 1 aromatic rings. The smallest absolute Gasteiger partial charge is 0.132 e. The Hall–Kier alpha value is -1.17. The second kappa shape index (κ2) is 5.16. The number of halogens is 1. The second-order valence-corrected chi connectivity index (χ2v) is 8.06. The number of hydrogen-bond acceptors (Lipinski definition) is 2. The lowest BCUT2D eigenvalue weighted by atomic mass is 9.53. The van der Waals surface area contributed by atoms with Gasteiger partial charge in [-0.3, -0.25) is 0 Å². The van der Waals surface area contributed by atoms with E-state index in [1.807, 2.05) is 12.1 Å². The highest BCUT2D eigenvalue weighted by molar-refractivity contribution is 6.30. The molecule has 2 nitrogen and oxygen atoms in total. The Morgan fingerprint density at radius 2 is 2.04 bits per heavy atom. The molecule has 122 valence electrons. The summed E-state index contributed by atoms with van der Waals surface area (Å²) >= 11 is 5.64. The highest BCUT2D eigenvalue weighted by Crippen LogP contribution is 2.64. The van der Waals surface area contributed by atoms with Gasteiger partial charge in [0.25, 0.3) is 0 Å². The van der Waals surface area contributed by atoms with Gasteiger partial charge in [0.05, 0.1) is 0 Å². The molecule has 3 aliphatic carbocycles. The van der Waals surface area contributed by atoms with Gasteiger partial charge in [0, 0.05) is 10.8 Å². The van der Waals surface area contributed by atoms with Crippen LogP contribution >= 0.6 is 11.6 Å². The van der Waals surface area contributed by atoms with E-state index in [4.69, 9.17) is 11.6 Å². The van der Waals surface area contributed by atoms with Crippen LogP contribution in [0.15, 0.2) is 18.2 Å². The van der Waals surface area contributed by atoms with Gasteiger partial charge < -0.3 is 10.2 Å². The van der Waals surface area contributed by atoms with Crippen LogP contribution in [0.4, 0.5) is 0 Å². The van der Waals surface area contributed by atoms with Gasteiger partial charge in [-0.2, -0.15) is 0 Å². The first-order chi connectivity index (χ1) is 11.0. The highest BCUT2D eigenvalue weighted by Gasteiger charge is 2.61. The molecule has 2 saturated carbocycles. The van der Waals surface area contributed by atoms with Gasteiger partial charge in [0.2, 0.25) is 0 Å². The normalized spacial score (nSPS) is 41.3. The quantitative estimate of drug-likeness (QED) is 0.701. The third-order valence-electron chi connectivity index (χ3n) is 7.12. The van der Waals surface area contributed by atoms with Crippen LogP contribution in [0.25, 0.3) is 0 Å². The van der Waals surface area contributed by atoms with Gasteiger partial charge in [-0.1, -0.05) is 18.9 Å². The SMILES string of the molecule is C[C@]12CC[C@@H]3c4ccc(O)cc4CC[C@H]3[C@@H]1CC[C@]2(O)C#CCl. The van der Waals surface area contributed by atoms with E-state index in [1.165, 1.54) is 11.1 Å². The summed E-state index contributed by atoms with van der Waals surface area (Å²) in [5.41, 5.74) is 1.65. The molecule has 5 atom stereocenters. The van der Waals surface area contributed by atoms with Crippen LogP contribution in [-0.4, -0.2) is 15.8 Å². The van der Waals surface area contributed by atoms with Gasteiger partial charge in [0.15, 0.2) is 0 Å². The number of phenolic OH excluding ortho intramolecular Hbond substituents is 1. The number of aryl methyl sites for hydroxylation is 1. The van der Waals surface area contributed by atoms with Crippen molar-refractivity contribution in [2.75, 3.05) is 0 Å². The summed E-state index contributed by atoms with van der Waals surface area (Å²) in [4.78, 5) is 0. The van der Waals surface area contributed by atoms with Crippen molar-refractivity contribution in [1.82, 2.24) is 0 Å². The topological polar surface area (TPSA) is 40.5 Å². The molecule has 0 amide bonds. The maximum atomic E-state index is 11.1. The first-order valence-electron chi connectivity index (χ1n) is 8.65. The van der Waals surface area contributed by atoms with Crippen molar-refractivity contribution in [2.24, 2.45) is 17.3 Å². The molecule has 0 unspecified atom stereocenters. The number of phenols is 1. The number of rotatable bonds is 0. The molecule has 0 radical (unpaired) electrons. The molecule has 0 aliphatic heterocycles. The summed E-state index contributed by atoms with van der Waals surface area (Å²) in [7, 11) is 0. The molecule has 0 heterocycles. The minimum atomic E-state index is -0.931. The van der Waals surface area contributed by atoms with Crippen molar-refractivity contribution >= 4 is 11.6 Å². The molecule has 0 aromatic heterocycles. The zero-order valence-corrected chi connectivity index (χ0v) is 14.2. The summed E-state index contributed by atoms with van der Waals surface area (Å²) in [6, 6.07) is 5.87. The van der Waals surface area contributed by atoms with E-state index in [2.05, 4.69) is 24.3 Å². The summed E-state index contributed by atoms with van der Waals surface area (Å²) < 4.78 is 0. The predicted octanol–water partition coefficient (Wildman–Crippen LogP) is 4.18. The van der Waals surface area contributed by atoms with Gasteiger partial charge in [-0.25, -0.2) is 0 Å².